The van der Waals surface area contributed by atoms with Gasteiger partial charge in [0.1, 0.15) is 5.75 Å². The molecule has 78 valence electrons. The average Bonchev–Trinajstić information content (AvgIpc) is 2.16. The number of rotatable bonds is 4. The first-order valence-electron chi connectivity index (χ1n) is 4.87. The van der Waals surface area contributed by atoms with Crippen LogP contribution in [0, 0.1) is 6.92 Å². The van der Waals surface area contributed by atoms with Crippen LogP contribution in [0.3, 0.4) is 0 Å². The minimum Gasteiger partial charge on any atom is -0.468 e. The minimum atomic E-state index is 0.306. The first-order chi connectivity index (χ1) is 6.65. The van der Waals surface area contributed by atoms with Gasteiger partial charge in [0.2, 0.25) is 0 Å². The Hall–Kier alpha value is -1.02. The van der Waals surface area contributed by atoms with E-state index in [-0.39, 0.29) is 0 Å². The second kappa shape index (κ2) is 5.01. The van der Waals surface area contributed by atoms with Crippen LogP contribution in [0.25, 0.3) is 0 Å². The van der Waals surface area contributed by atoms with E-state index >= 15 is 0 Å². The van der Waals surface area contributed by atoms with Crippen molar-refractivity contribution in [1.29, 1.82) is 0 Å². The Labute approximate surface area is 85.8 Å². The summed E-state index contributed by atoms with van der Waals surface area (Å²) < 4.78 is 10.2. The van der Waals surface area contributed by atoms with E-state index in [2.05, 4.69) is 32.9 Å². The topological polar surface area (TPSA) is 18.5 Å². The summed E-state index contributed by atoms with van der Waals surface area (Å²) in [5.41, 5.74) is 2.64. The molecule has 0 unspecified atom stereocenters. The highest BCUT2D eigenvalue weighted by Gasteiger charge is 2.04. The molecule has 0 saturated carbocycles. The summed E-state index contributed by atoms with van der Waals surface area (Å²) in [5, 5.41) is 0. The lowest BCUT2D eigenvalue weighted by Gasteiger charge is -2.12. The fraction of sp³-hybridized carbons (Fsp3) is 0.500. The first kappa shape index (κ1) is 11.1. The molecular weight excluding hydrogens is 176 g/mol. The average molecular weight is 194 g/mol. The highest BCUT2D eigenvalue weighted by Crippen LogP contribution is 2.23. The van der Waals surface area contributed by atoms with Gasteiger partial charge in [0, 0.05) is 7.11 Å². The molecule has 0 N–H and O–H groups in total. The molecule has 0 aromatic heterocycles. The predicted molar refractivity (Wildman–Crippen MR) is 57.8 cm³/mol. The Bertz CT molecular complexity index is 292. The zero-order valence-corrected chi connectivity index (χ0v) is 9.33. The van der Waals surface area contributed by atoms with Gasteiger partial charge < -0.3 is 9.47 Å². The van der Waals surface area contributed by atoms with Crippen LogP contribution in [0.2, 0.25) is 0 Å². The maximum atomic E-state index is 5.38. The van der Waals surface area contributed by atoms with Crippen molar-refractivity contribution < 1.29 is 9.47 Å². The fourth-order valence-corrected chi connectivity index (χ4v) is 1.46. The van der Waals surface area contributed by atoms with Crippen molar-refractivity contribution in [2.45, 2.75) is 26.7 Å². The quantitative estimate of drug-likeness (QED) is 0.686. The summed E-state index contributed by atoms with van der Waals surface area (Å²) in [6, 6.07) is 6.14. The van der Waals surface area contributed by atoms with E-state index in [1.807, 2.05) is 6.07 Å². The van der Waals surface area contributed by atoms with Crippen molar-refractivity contribution >= 4 is 0 Å². The van der Waals surface area contributed by atoms with Crippen LogP contribution in [0.15, 0.2) is 18.2 Å². The molecule has 2 heteroatoms. The van der Waals surface area contributed by atoms with Gasteiger partial charge in [0.25, 0.3) is 0 Å². The minimum absolute atomic E-state index is 0.306. The van der Waals surface area contributed by atoms with Crippen molar-refractivity contribution in [2.24, 2.45) is 0 Å². The van der Waals surface area contributed by atoms with Crippen LogP contribution >= 0.6 is 0 Å². The van der Waals surface area contributed by atoms with E-state index < -0.39 is 0 Å². The van der Waals surface area contributed by atoms with Crippen molar-refractivity contribution in [3.63, 3.8) is 0 Å². The van der Waals surface area contributed by atoms with Crippen molar-refractivity contribution in [3.8, 4) is 5.75 Å². The summed E-state index contributed by atoms with van der Waals surface area (Å²) in [5.74, 6) is 1.40. The normalized spacial score (nSPS) is 10.6. The van der Waals surface area contributed by atoms with Gasteiger partial charge in [-0.2, -0.15) is 0 Å². The maximum absolute atomic E-state index is 5.38. The molecule has 0 fully saturated rings. The number of methoxy groups -OCH3 is 1. The fourth-order valence-electron chi connectivity index (χ4n) is 1.46. The van der Waals surface area contributed by atoms with Gasteiger partial charge in [-0.15, -0.1) is 0 Å². The lowest BCUT2D eigenvalue weighted by molar-refractivity contribution is 0.0510. The molecule has 0 aliphatic carbocycles. The lowest BCUT2D eigenvalue weighted by atomic mass is 9.98. The van der Waals surface area contributed by atoms with Gasteiger partial charge in [0.15, 0.2) is 6.79 Å². The molecule has 0 aliphatic rings. The molecule has 1 aromatic rings. The van der Waals surface area contributed by atoms with Gasteiger partial charge in [-0.1, -0.05) is 19.9 Å². The van der Waals surface area contributed by atoms with E-state index in [9.17, 15) is 0 Å². The summed E-state index contributed by atoms with van der Waals surface area (Å²) in [6.45, 7) is 6.79. The van der Waals surface area contributed by atoms with E-state index in [0.29, 0.717) is 12.7 Å². The van der Waals surface area contributed by atoms with E-state index in [4.69, 9.17) is 9.47 Å². The summed E-state index contributed by atoms with van der Waals surface area (Å²) in [7, 11) is 1.62. The second-order valence-corrected chi connectivity index (χ2v) is 3.72. The molecule has 0 spiro atoms. The van der Waals surface area contributed by atoms with E-state index in [1.54, 1.807) is 7.11 Å². The van der Waals surface area contributed by atoms with Crippen LogP contribution < -0.4 is 4.74 Å². The third-order valence-electron chi connectivity index (χ3n) is 2.22. The Morgan fingerprint density at radius 3 is 2.57 bits per heavy atom. The predicted octanol–water partition coefficient (Wildman–Crippen LogP) is 3.10. The van der Waals surface area contributed by atoms with Gasteiger partial charge in [-0.25, -0.2) is 0 Å². The lowest BCUT2D eigenvalue weighted by Crippen LogP contribution is -2.00. The molecule has 2 nitrogen and oxygen atoms in total. The number of hydrogen-bond donors (Lipinski definition) is 0. The monoisotopic (exact) mass is 194 g/mol. The molecule has 1 rings (SSSR count). The molecule has 0 aliphatic heterocycles. The Morgan fingerprint density at radius 2 is 2.00 bits per heavy atom. The standard InChI is InChI=1S/C12H18O2/c1-9(2)12-7-11(14-8-13-4)6-5-10(12)3/h5-7,9H,8H2,1-4H3. The van der Waals surface area contributed by atoms with Crippen LogP contribution in [-0.2, 0) is 4.74 Å². The Kier molecular flexibility index (Phi) is 3.96. The zero-order valence-electron chi connectivity index (χ0n) is 9.33. The molecule has 1 aromatic carbocycles. The van der Waals surface area contributed by atoms with Crippen molar-refractivity contribution in [1.82, 2.24) is 0 Å². The van der Waals surface area contributed by atoms with Crippen LogP contribution in [0.4, 0.5) is 0 Å². The number of ether oxygens (including phenoxy) is 2. The van der Waals surface area contributed by atoms with E-state index in [0.717, 1.165) is 5.75 Å². The molecule has 0 atom stereocenters. The van der Waals surface area contributed by atoms with Crippen LogP contribution in [0.5, 0.6) is 5.75 Å². The Morgan fingerprint density at radius 1 is 1.29 bits per heavy atom. The molecule has 0 bridgehead atoms. The van der Waals surface area contributed by atoms with Crippen LogP contribution in [-0.4, -0.2) is 13.9 Å². The van der Waals surface area contributed by atoms with Crippen molar-refractivity contribution in [2.75, 3.05) is 13.9 Å². The van der Waals surface area contributed by atoms with Gasteiger partial charge in [-0.3, -0.25) is 0 Å². The highest BCUT2D eigenvalue weighted by atomic mass is 16.7. The Balaban J connectivity index is 2.83. The SMILES string of the molecule is COCOc1ccc(C)c(C(C)C)c1. The smallest absolute Gasteiger partial charge is 0.188 e. The van der Waals surface area contributed by atoms with Crippen LogP contribution in [0.1, 0.15) is 30.9 Å². The molecular formula is C12H18O2. The zero-order chi connectivity index (χ0) is 10.6. The number of benzene rings is 1. The van der Waals surface area contributed by atoms with Gasteiger partial charge in [0.05, 0.1) is 0 Å². The largest absolute Gasteiger partial charge is 0.468 e. The van der Waals surface area contributed by atoms with Crippen molar-refractivity contribution in [3.05, 3.63) is 29.3 Å². The summed E-state index contributed by atoms with van der Waals surface area (Å²) in [6.07, 6.45) is 0. The van der Waals surface area contributed by atoms with Gasteiger partial charge >= 0.3 is 0 Å². The molecule has 0 heterocycles. The van der Waals surface area contributed by atoms with Gasteiger partial charge in [-0.05, 0) is 36.1 Å². The number of hydrogen-bond acceptors (Lipinski definition) is 2. The number of aryl methyl sites for hydroxylation is 1. The maximum Gasteiger partial charge on any atom is 0.188 e. The second-order valence-electron chi connectivity index (χ2n) is 3.72. The highest BCUT2D eigenvalue weighted by molar-refractivity contribution is 5.36. The van der Waals surface area contributed by atoms with E-state index in [1.165, 1.54) is 11.1 Å². The molecule has 0 saturated heterocycles. The third kappa shape index (κ3) is 2.74. The third-order valence-corrected chi connectivity index (χ3v) is 2.22. The molecule has 0 radical (unpaired) electrons. The summed E-state index contributed by atoms with van der Waals surface area (Å²) in [4.78, 5) is 0. The summed E-state index contributed by atoms with van der Waals surface area (Å²) >= 11 is 0. The molecule has 14 heavy (non-hydrogen) atoms. The first-order valence-corrected chi connectivity index (χ1v) is 4.87. The molecule has 0 amide bonds.